The standard InChI is InChI=1S/C19H19FN2O/c20-16-8-7-13(10-17(16)21)19(23)22-9-3-6-15-14-5-2-1-4-12(14)11-18(15)22/h1-2,4-5,7-8,10,15,18H,3,6,9,11,21H2/t15-,18+/m0/s1. The molecule has 118 valence electrons. The smallest absolute Gasteiger partial charge is 0.254 e. The fourth-order valence-corrected chi connectivity index (χ4v) is 4.07. The molecule has 0 spiro atoms. The maximum absolute atomic E-state index is 13.3. The molecule has 1 amide bonds. The van der Waals surface area contributed by atoms with Crippen molar-refractivity contribution in [3.05, 3.63) is 65.0 Å². The van der Waals surface area contributed by atoms with E-state index in [0.29, 0.717) is 11.5 Å². The third-order valence-electron chi connectivity index (χ3n) is 5.17. The zero-order chi connectivity index (χ0) is 16.0. The first-order chi connectivity index (χ1) is 11.1. The van der Waals surface area contributed by atoms with E-state index in [4.69, 9.17) is 5.73 Å². The van der Waals surface area contributed by atoms with E-state index in [9.17, 15) is 9.18 Å². The number of amides is 1. The van der Waals surface area contributed by atoms with Crippen molar-refractivity contribution in [2.75, 3.05) is 12.3 Å². The molecule has 1 saturated heterocycles. The molecule has 2 aromatic rings. The minimum atomic E-state index is -0.480. The number of hydrogen-bond acceptors (Lipinski definition) is 2. The summed E-state index contributed by atoms with van der Waals surface area (Å²) in [5.41, 5.74) is 8.85. The molecule has 0 unspecified atom stereocenters. The molecule has 2 aliphatic rings. The van der Waals surface area contributed by atoms with Gasteiger partial charge in [-0.25, -0.2) is 4.39 Å². The Morgan fingerprint density at radius 3 is 2.87 bits per heavy atom. The quantitative estimate of drug-likeness (QED) is 0.821. The Kier molecular flexibility index (Phi) is 3.33. The number of carbonyl (C=O) groups excluding carboxylic acids is 1. The van der Waals surface area contributed by atoms with Gasteiger partial charge in [-0.05, 0) is 48.6 Å². The Hall–Kier alpha value is -2.36. The van der Waals surface area contributed by atoms with Gasteiger partial charge in [0.05, 0.1) is 5.69 Å². The molecule has 0 aromatic heterocycles. The summed E-state index contributed by atoms with van der Waals surface area (Å²) < 4.78 is 13.3. The van der Waals surface area contributed by atoms with Crippen molar-refractivity contribution in [2.24, 2.45) is 0 Å². The van der Waals surface area contributed by atoms with Gasteiger partial charge in [0.25, 0.3) is 5.91 Å². The number of rotatable bonds is 1. The van der Waals surface area contributed by atoms with Crippen LogP contribution in [0.15, 0.2) is 42.5 Å². The molecule has 0 bridgehead atoms. The molecule has 2 N–H and O–H groups in total. The molecule has 1 aliphatic heterocycles. The maximum atomic E-state index is 13.3. The summed E-state index contributed by atoms with van der Waals surface area (Å²) in [6, 6.07) is 12.9. The van der Waals surface area contributed by atoms with Gasteiger partial charge in [0.2, 0.25) is 0 Å². The largest absolute Gasteiger partial charge is 0.396 e. The van der Waals surface area contributed by atoms with Gasteiger partial charge in [-0.15, -0.1) is 0 Å². The lowest BCUT2D eigenvalue weighted by molar-refractivity contribution is 0.0595. The summed E-state index contributed by atoms with van der Waals surface area (Å²) in [6.07, 6.45) is 3.03. The SMILES string of the molecule is Nc1cc(C(=O)N2CCC[C@H]3c4ccccc4C[C@H]32)ccc1F. The second-order valence-corrected chi connectivity index (χ2v) is 6.45. The molecular formula is C19H19FN2O. The number of halogens is 1. The summed E-state index contributed by atoms with van der Waals surface area (Å²) in [6.45, 7) is 0.755. The van der Waals surface area contributed by atoms with Crippen LogP contribution in [0.3, 0.4) is 0 Å². The first-order valence-electron chi connectivity index (χ1n) is 8.09. The van der Waals surface area contributed by atoms with Crippen molar-refractivity contribution >= 4 is 11.6 Å². The summed E-state index contributed by atoms with van der Waals surface area (Å²) in [4.78, 5) is 14.9. The first kappa shape index (κ1) is 14.2. The van der Waals surface area contributed by atoms with Crippen LogP contribution in [0.1, 0.15) is 40.2 Å². The lowest BCUT2D eigenvalue weighted by Crippen LogP contribution is -2.46. The average molecular weight is 310 g/mol. The third-order valence-corrected chi connectivity index (χ3v) is 5.17. The van der Waals surface area contributed by atoms with Crippen LogP contribution >= 0.6 is 0 Å². The summed E-state index contributed by atoms with van der Waals surface area (Å²) >= 11 is 0. The first-order valence-corrected chi connectivity index (χ1v) is 8.09. The number of nitrogens with two attached hydrogens (primary N) is 1. The van der Waals surface area contributed by atoms with E-state index >= 15 is 0 Å². The minimum Gasteiger partial charge on any atom is -0.396 e. The maximum Gasteiger partial charge on any atom is 0.254 e. The van der Waals surface area contributed by atoms with Crippen molar-refractivity contribution in [1.29, 1.82) is 0 Å². The molecule has 1 heterocycles. The third kappa shape index (κ3) is 2.29. The summed E-state index contributed by atoms with van der Waals surface area (Å²) in [5, 5.41) is 0. The average Bonchev–Trinajstić information content (AvgIpc) is 2.95. The summed E-state index contributed by atoms with van der Waals surface area (Å²) in [7, 11) is 0. The van der Waals surface area contributed by atoms with Gasteiger partial charge in [-0.3, -0.25) is 4.79 Å². The number of benzene rings is 2. The van der Waals surface area contributed by atoms with Crippen molar-refractivity contribution < 1.29 is 9.18 Å². The van der Waals surface area contributed by atoms with Gasteiger partial charge in [0.1, 0.15) is 5.82 Å². The topological polar surface area (TPSA) is 46.3 Å². The second kappa shape index (κ2) is 5.37. The van der Waals surface area contributed by atoms with E-state index in [1.54, 1.807) is 0 Å². The fraction of sp³-hybridized carbons (Fsp3) is 0.316. The van der Waals surface area contributed by atoms with Crippen LogP contribution in [0.2, 0.25) is 0 Å². The minimum absolute atomic E-state index is 0.0270. The van der Waals surface area contributed by atoms with Gasteiger partial charge in [-0.2, -0.15) is 0 Å². The lowest BCUT2D eigenvalue weighted by atomic mass is 9.88. The van der Waals surface area contributed by atoms with Crippen molar-refractivity contribution in [3.63, 3.8) is 0 Å². The second-order valence-electron chi connectivity index (χ2n) is 6.45. The zero-order valence-electron chi connectivity index (χ0n) is 12.8. The lowest BCUT2D eigenvalue weighted by Gasteiger charge is -2.38. The highest BCUT2D eigenvalue weighted by molar-refractivity contribution is 5.95. The molecule has 0 saturated carbocycles. The van der Waals surface area contributed by atoms with E-state index < -0.39 is 5.82 Å². The van der Waals surface area contributed by atoms with E-state index in [0.717, 1.165) is 25.8 Å². The number of carbonyl (C=O) groups is 1. The van der Waals surface area contributed by atoms with Crippen LogP contribution in [0.4, 0.5) is 10.1 Å². The molecule has 4 heteroatoms. The molecule has 3 nitrogen and oxygen atoms in total. The van der Waals surface area contributed by atoms with Crippen LogP contribution in [-0.4, -0.2) is 23.4 Å². The Labute approximate surface area is 134 Å². The Bertz CT molecular complexity index is 774. The van der Waals surface area contributed by atoms with Crippen LogP contribution in [0.25, 0.3) is 0 Å². The molecule has 1 aliphatic carbocycles. The predicted molar refractivity (Wildman–Crippen MR) is 87.8 cm³/mol. The van der Waals surface area contributed by atoms with Gasteiger partial charge < -0.3 is 10.6 Å². The molecule has 0 radical (unpaired) electrons. The molecule has 2 atom stereocenters. The highest BCUT2D eigenvalue weighted by Crippen LogP contribution is 2.42. The van der Waals surface area contributed by atoms with Crippen molar-refractivity contribution in [1.82, 2.24) is 4.90 Å². The highest BCUT2D eigenvalue weighted by atomic mass is 19.1. The molecule has 1 fully saturated rings. The number of likely N-dealkylation sites (tertiary alicyclic amines) is 1. The number of nitrogen functional groups attached to an aromatic ring is 1. The Morgan fingerprint density at radius 1 is 1.22 bits per heavy atom. The summed E-state index contributed by atoms with van der Waals surface area (Å²) in [5.74, 6) is -0.104. The van der Waals surface area contributed by atoms with Crippen molar-refractivity contribution in [2.45, 2.75) is 31.2 Å². The van der Waals surface area contributed by atoms with Crippen LogP contribution in [0.5, 0.6) is 0 Å². The van der Waals surface area contributed by atoms with Gasteiger partial charge in [-0.1, -0.05) is 24.3 Å². The normalized spacial score (nSPS) is 22.6. The molecule has 23 heavy (non-hydrogen) atoms. The Balaban J connectivity index is 1.65. The van der Waals surface area contributed by atoms with Gasteiger partial charge in [0, 0.05) is 24.1 Å². The number of hydrogen-bond donors (Lipinski definition) is 1. The Morgan fingerprint density at radius 2 is 2.04 bits per heavy atom. The van der Waals surface area contributed by atoms with E-state index in [-0.39, 0.29) is 17.6 Å². The molecule has 4 rings (SSSR count). The van der Waals surface area contributed by atoms with Gasteiger partial charge in [0.15, 0.2) is 0 Å². The monoisotopic (exact) mass is 310 g/mol. The van der Waals surface area contributed by atoms with Crippen LogP contribution in [-0.2, 0) is 6.42 Å². The van der Waals surface area contributed by atoms with E-state index in [2.05, 4.69) is 24.3 Å². The number of anilines is 1. The fourth-order valence-electron chi connectivity index (χ4n) is 4.07. The van der Waals surface area contributed by atoms with E-state index in [1.165, 1.54) is 29.3 Å². The predicted octanol–water partition coefficient (Wildman–Crippen LogP) is 3.35. The zero-order valence-corrected chi connectivity index (χ0v) is 12.8. The molecule has 2 aromatic carbocycles. The van der Waals surface area contributed by atoms with Crippen LogP contribution < -0.4 is 5.73 Å². The van der Waals surface area contributed by atoms with E-state index in [1.807, 2.05) is 4.90 Å². The highest BCUT2D eigenvalue weighted by Gasteiger charge is 2.40. The number of piperidine rings is 1. The van der Waals surface area contributed by atoms with Crippen LogP contribution in [0, 0.1) is 5.82 Å². The number of nitrogens with zero attached hydrogens (tertiary/aromatic N) is 1. The van der Waals surface area contributed by atoms with Crippen molar-refractivity contribution in [3.8, 4) is 0 Å². The number of fused-ring (bicyclic) bond motifs is 3. The molecular weight excluding hydrogens is 291 g/mol. The van der Waals surface area contributed by atoms with Gasteiger partial charge >= 0.3 is 0 Å².